The van der Waals surface area contributed by atoms with Crippen molar-refractivity contribution >= 4 is 34.2 Å². The number of piperidine rings is 1. The van der Waals surface area contributed by atoms with Crippen LogP contribution in [0.25, 0.3) is 11.0 Å². The minimum atomic E-state index is 0.466. The van der Waals surface area contributed by atoms with Crippen molar-refractivity contribution in [2.24, 2.45) is 0 Å². The molecular formula is C12H13Cl2N3. The van der Waals surface area contributed by atoms with E-state index in [-0.39, 0.29) is 0 Å². The Morgan fingerprint density at radius 1 is 1.24 bits per heavy atom. The summed E-state index contributed by atoms with van der Waals surface area (Å²) in [5, 5.41) is 4.51. The number of aromatic amines is 1. The summed E-state index contributed by atoms with van der Waals surface area (Å²) in [5.74, 6) is 1.50. The molecule has 0 bridgehead atoms. The van der Waals surface area contributed by atoms with Crippen LogP contribution >= 0.6 is 23.2 Å². The van der Waals surface area contributed by atoms with E-state index >= 15 is 0 Å². The topological polar surface area (TPSA) is 40.7 Å². The second-order valence-electron chi connectivity index (χ2n) is 4.45. The van der Waals surface area contributed by atoms with Crippen molar-refractivity contribution in [3.05, 3.63) is 28.0 Å². The van der Waals surface area contributed by atoms with Gasteiger partial charge in [-0.25, -0.2) is 4.98 Å². The highest BCUT2D eigenvalue weighted by Gasteiger charge is 2.18. The van der Waals surface area contributed by atoms with Crippen LogP contribution in [0.1, 0.15) is 24.6 Å². The Morgan fingerprint density at radius 2 is 2.06 bits per heavy atom. The smallest absolute Gasteiger partial charge is 0.111 e. The number of benzene rings is 1. The fraction of sp³-hybridized carbons (Fsp3) is 0.417. The number of aromatic nitrogens is 2. The maximum atomic E-state index is 5.99. The molecule has 1 atom stereocenters. The molecule has 1 saturated heterocycles. The molecule has 17 heavy (non-hydrogen) atoms. The molecule has 0 aliphatic carbocycles. The standard InChI is InChI=1S/C12H13Cl2N3/c13-8-4-10-11(5-9(8)14)17-12(16-10)7-2-1-3-15-6-7/h4-5,7,15H,1-3,6H2,(H,16,17). The predicted molar refractivity (Wildman–Crippen MR) is 71.0 cm³/mol. The van der Waals surface area contributed by atoms with E-state index in [1.54, 1.807) is 0 Å². The first-order valence-electron chi connectivity index (χ1n) is 5.79. The molecule has 2 aromatic rings. The predicted octanol–water partition coefficient (Wildman–Crippen LogP) is 3.34. The fourth-order valence-corrected chi connectivity index (χ4v) is 2.62. The second kappa shape index (κ2) is 4.48. The zero-order valence-corrected chi connectivity index (χ0v) is 10.8. The van der Waals surface area contributed by atoms with Gasteiger partial charge in [0.2, 0.25) is 0 Å². The van der Waals surface area contributed by atoms with Crippen molar-refractivity contribution < 1.29 is 0 Å². The summed E-state index contributed by atoms with van der Waals surface area (Å²) in [4.78, 5) is 7.94. The van der Waals surface area contributed by atoms with E-state index < -0.39 is 0 Å². The van der Waals surface area contributed by atoms with Crippen molar-refractivity contribution in [3.8, 4) is 0 Å². The van der Waals surface area contributed by atoms with Gasteiger partial charge in [0.25, 0.3) is 0 Å². The lowest BCUT2D eigenvalue weighted by molar-refractivity contribution is 0.449. The van der Waals surface area contributed by atoms with Gasteiger partial charge in [-0.15, -0.1) is 0 Å². The van der Waals surface area contributed by atoms with Gasteiger partial charge in [-0.1, -0.05) is 23.2 Å². The van der Waals surface area contributed by atoms with Gasteiger partial charge in [0.1, 0.15) is 5.82 Å². The van der Waals surface area contributed by atoms with Crippen LogP contribution < -0.4 is 5.32 Å². The maximum absolute atomic E-state index is 5.99. The summed E-state index contributed by atoms with van der Waals surface area (Å²) in [6, 6.07) is 3.65. The van der Waals surface area contributed by atoms with Gasteiger partial charge in [0.15, 0.2) is 0 Å². The SMILES string of the molecule is Clc1cc2nc(C3CCCNC3)[nH]c2cc1Cl. The number of hydrogen-bond donors (Lipinski definition) is 2. The first-order chi connectivity index (χ1) is 8.24. The van der Waals surface area contributed by atoms with Crippen LogP contribution in [0.15, 0.2) is 12.1 Å². The average molecular weight is 270 g/mol. The van der Waals surface area contributed by atoms with E-state index in [4.69, 9.17) is 23.2 Å². The molecule has 0 amide bonds. The van der Waals surface area contributed by atoms with E-state index in [1.165, 1.54) is 12.8 Å². The summed E-state index contributed by atoms with van der Waals surface area (Å²) in [6.45, 7) is 2.09. The number of H-pyrrole nitrogens is 1. The summed E-state index contributed by atoms with van der Waals surface area (Å²) in [6.07, 6.45) is 2.37. The van der Waals surface area contributed by atoms with Crippen LogP contribution in [-0.4, -0.2) is 23.1 Å². The van der Waals surface area contributed by atoms with Gasteiger partial charge in [-0.3, -0.25) is 0 Å². The maximum Gasteiger partial charge on any atom is 0.111 e. The first kappa shape index (κ1) is 11.3. The molecule has 2 N–H and O–H groups in total. The number of fused-ring (bicyclic) bond motifs is 1. The van der Waals surface area contributed by atoms with Crippen LogP contribution in [0.4, 0.5) is 0 Å². The van der Waals surface area contributed by atoms with Crippen molar-refractivity contribution in [3.63, 3.8) is 0 Å². The van der Waals surface area contributed by atoms with E-state index in [0.717, 1.165) is 29.9 Å². The van der Waals surface area contributed by atoms with Gasteiger partial charge in [-0.2, -0.15) is 0 Å². The summed E-state index contributed by atoms with van der Waals surface area (Å²) >= 11 is 12.0. The number of imidazole rings is 1. The second-order valence-corrected chi connectivity index (χ2v) is 5.26. The van der Waals surface area contributed by atoms with E-state index in [2.05, 4.69) is 15.3 Å². The van der Waals surface area contributed by atoms with Gasteiger partial charge in [0.05, 0.1) is 21.1 Å². The lowest BCUT2D eigenvalue weighted by atomic mass is 9.99. The molecule has 1 fully saturated rings. The minimum Gasteiger partial charge on any atom is -0.342 e. The highest BCUT2D eigenvalue weighted by molar-refractivity contribution is 6.42. The molecule has 0 radical (unpaired) electrons. The third-order valence-corrected chi connectivity index (χ3v) is 3.95. The number of rotatable bonds is 1. The van der Waals surface area contributed by atoms with E-state index in [1.807, 2.05) is 12.1 Å². The number of nitrogens with one attached hydrogen (secondary N) is 2. The highest BCUT2D eigenvalue weighted by Crippen LogP contribution is 2.29. The largest absolute Gasteiger partial charge is 0.342 e. The quantitative estimate of drug-likeness (QED) is 0.834. The summed E-state index contributed by atoms with van der Waals surface area (Å²) in [7, 11) is 0. The molecule has 1 aromatic carbocycles. The first-order valence-corrected chi connectivity index (χ1v) is 6.55. The van der Waals surface area contributed by atoms with Gasteiger partial charge in [0, 0.05) is 12.5 Å². The van der Waals surface area contributed by atoms with Crippen molar-refractivity contribution in [1.29, 1.82) is 0 Å². The molecule has 90 valence electrons. The lowest BCUT2D eigenvalue weighted by Crippen LogP contribution is -2.28. The van der Waals surface area contributed by atoms with Crippen LogP contribution in [-0.2, 0) is 0 Å². The van der Waals surface area contributed by atoms with Crippen LogP contribution in [0.2, 0.25) is 10.0 Å². The van der Waals surface area contributed by atoms with E-state index in [0.29, 0.717) is 16.0 Å². The highest BCUT2D eigenvalue weighted by atomic mass is 35.5. The molecular weight excluding hydrogens is 257 g/mol. The monoisotopic (exact) mass is 269 g/mol. The fourth-order valence-electron chi connectivity index (χ4n) is 2.30. The number of hydrogen-bond acceptors (Lipinski definition) is 2. The van der Waals surface area contributed by atoms with Gasteiger partial charge < -0.3 is 10.3 Å². The molecule has 0 spiro atoms. The minimum absolute atomic E-state index is 0.466. The van der Waals surface area contributed by atoms with Gasteiger partial charge >= 0.3 is 0 Å². The lowest BCUT2D eigenvalue weighted by Gasteiger charge is -2.20. The van der Waals surface area contributed by atoms with Crippen LogP contribution in [0.3, 0.4) is 0 Å². The third kappa shape index (κ3) is 2.15. The molecule has 1 aliphatic heterocycles. The molecule has 0 saturated carbocycles. The Morgan fingerprint density at radius 3 is 2.82 bits per heavy atom. The molecule has 2 heterocycles. The molecule has 5 heteroatoms. The molecule has 3 nitrogen and oxygen atoms in total. The van der Waals surface area contributed by atoms with Crippen molar-refractivity contribution in [2.45, 2.75) is 18.8 Å². The molecule has 1 unspecified atom stereocenters. The third-order valence-electron chi connectivity index (χ3n) is 3.23. The number of halogens is 2. The zero-order valence-electron chi connectivity index (χ0n) is 9.26. The average Bonchev–Trinajstić information content (AvgIpc) is 2.74. The van der Waals surface area contributed by atoms with E-state index in [9.17, 15) is 0 Å². The Bertz CT molecular complexity index is 505. The summed E-state index contributed by atoms with van der Waals surface area (Å²) in [5.41, 5.74) is 1.85. The van der Waals surface area contributed by atoms with Crippen LogP contribution in [0, 0.1) is 0 Å². The Labute approximate surface area is 110 Å². The van der Waals surface area contributed by atoms with Crippen molar-refractivity contribution in [2.75, 3.05) is 13.1 Å². The molecule has 1 aromatic heterocycles. The Kier molecular flexibility index (Phi) is 2.99. The zero-order chi connectivity index (χ0) is 11.8. The van der Waals surface area contributed by atoms with Crippen LogP contribution in [0.5, 0.6) is 0 Å². The van der Waals surface area contributed by atoms with Gasteiger partial charge in [-0.05, 0) is 31.5 Å². The normalized spacial score (nSPS) is 20.9. The Hall–Kier alpha value is -0.770. The molecule has 3 rings (SSSR count). The summed E-state index contributed by atoms with van der Waals surface area (Å²) < 4.78 is 0. The molecule has 1 aliphatic rings. The number of nitrogens with zero attached hydrogens (tertiary/aromatic N) is 1. The Balaban J connectivity index is 2.00. The van der Waals surface area contributed by atoms with Crippen molar-refractivity contribution in [1.82, 2.24) is 15.3 Å².